The number of aromatic nitrogens is 1. The molecule has 5 heteroatoms. The minimum Gasteiger partial charge on any atom is -0.497 e. The van der Waals surface area contributed by atoms with Crippen LogP contribution in [0.5, 0.6) is 5.75 Å². The number of carbonyl (C=O) groups excluding carboxylic acids is 1. The van der Waals surface area contributed by atoms with E-state index >= 15 is 0 Å². The quantitative estimate of drug-likeness (QED) is 0.484. The van der Waals surface area contributed by atoms with E-state index in [2.05, 4.69) is 27.8 Å². The van der Waals surface area contributed by atoms with Crippen molar-refractivity contribution in [2.45, 2.75) is 6.67 Å². The molecule has 2 heterocycles. The molecule has 0 bridgehead atoms. The Morgan fingerprint density at radius 3 is 2.61 bits per heavy atom. The molecule has 0 spiro atoms. The number of allylic oxidation sites excluding steroid dienone is 1. The van der Waals surface area contributed by atoms with E-state index in [-0.39, 0.29) is 5.78 Å². The van der Waals surface area contributed by atoms with Crippen LogP contribution in [0.3, 0.4) is 0 Å². The van der Waals surface area contributed by atoms with Gasteiger partial charge in [0.2, 0.25) is 0 Å². The standard InChI is InChI=1S/C23H24N2O3/c1-27-20-9-6-18(7-10-20)23(26)11-8-19-16-25(17-24-12-14-28-15-13-24)22-5-3-2-4-21(19)22/h2-11,16H,12-15,17H2,1H3. The van der Waals surface area contributed by atoms with Gasteiger partial charge in [0.25, 0.3) is 0 Å². The molecule has 1 saturated heterocycles. The summed E-state index contributed by atoms with van der Waals surface area (Å²) in [6, 6.07) is 15.5. The van der Waals surface area contributed by atoms with E-state index in [4.69, 9.17) is 9.47 Å². The van der Waals surface area contributed by atoms with Crippen LogP contribution in [0.15, 0.2) is 60.8 Å². The summed E-state index contributed by atoms with van der Waals surface area (Å²) in [5, 5.41) is 1.15. The van der Waals surface area contributed by atoms with Gasteiger partial charge in [-0.2, -0.15) is 0 Å². The summed E-state index contributed by atoms with van der Waals surface area (Å²) in [5.74, 6) is 0.722. The second-order valence-electron chi connectivity index (χ2n) is 6.87. The molecule has 0 N–H and O–H groups in total. The summed E-state index contributed by atoms with van der Waals surface area (Å²) in [6.45, 7) is 4.26. The molecule has 144 valence electrons. The number of nitrogens with zero attached hydrogens (tertiary/aromatic N) is 2. The zero-order valence-electron chi connectivity index (χ0n) is 16.0. The van der Waals surface area contributed by atoms with Crippen molar-refractivity contribution < 1.29 is 14.3 Å². The van der Waals surface area contributed by atoms with Crippen LogP contribution in [0.4, 0.5) is 0 Å². The summed E-state index contributed by atoms with van der Waals surface area (Å²) in [6.07, 6.45) is 5.67. The molecule has 28 heavy (non-hydrogen) atoms. The summed E-state index contributed by atoms with van der Waals surface area (Å²) in [7, 11) is 1.61. The molecule has 1 fully saturated rings. The van der Waals surface area contributed by atoms with Crippen LogP contribution in [0, 0.1) is 0 Å². The molecule has 0 radical (unpaired) electrons. The Hall–Kier alpha value is -2.89. The molecule has 1 aliphatic heterocycles. The first-order valence-electron chi connectivity index (χ1n) is 9.49. The lowest BCUT2D eigenvalue weighted by molar-refractivity contribution is 0.0242. The van der Waals surface area contributed by atoms with Crippen molar-refractivity contribution in [2.24, 2.45) is 0 Å². The van der Waals surface area contributed by atoms with Crippen LogP contribution in [0.25, 0.3) is 17.0 Å². The number of hydrogen-bond acceptors (Lipinski definition) is 4. The lowest BCUT2D eigenvalue weighted by Crippen LogP contribution is -2.37. The van der Waals surface area contributed by atoms with Crippen LogP contribution in [0.1, 0.15) is 15.9 Å². The first-order chi connectivity index (χ1) is 13.7. The Kier molecular flexibility index (Phi) is 5.55. The topological polar surface area (TPSA) is 43.7 Å². The molecule has 0 atom stereocenters. The maximum absolute atomic E-state index is 12.5. The van der Waals surface area contributed by atoms with Crippen molar-refractivity contribution in [1.29, 1.82) is 0 Å². The molecule has 1 aliphatic rings. The number of benzene rings is 2. The third-order valence-electron chi connectivity index (χ3n) is 5.06. The van der Waals surface area contributed by atoms with Crippen molar-refractivity contribution in [3.8, 4) is 5.75 Å². The fourth-order valence-electron chi connectivity index (χ4n) is 3.50. The van der Waals surface area contributed by atoms with Gasteiger partial charge in [-0.3, -0.25) is 9.69 Å². The van der Waals surface area contributed by atoms with Gasteiger partial charge in [-0.25, -0.2) is 0 Å². The van der Waals surface area contributed by atoms with Crippen molar-refractivity contribution in [2.75, 3.05) is 33.4 Å². The number of ether oxygens (including phenoxy) is 2. The molecule has 4 rings (SSSR count). The second-order valence-corrected chi connectivity index (χ2v) is 6.87. The van der Waals surface area contributed by atoms with Crippen molar-refractivity contribution in [3.63, 3.8) is 0 Å². The van der Waals surface area contributed by atoms with E-state index in [1.54, 1.807) is 37.5 Å². The molecule has 5 nitrogen and oxygen atoms in total. The van der Waals surface area contributed by atoms with Crippen molar-refractivity contribution in [3.05, 3.63) is 71.9 Å². The Labute approximate surface area is 164 Å². The molecule has 3 aromatic rings. The second kappa shape index (κ2) is 8.42. The number of hydrogen-bond donors (Lipinski definition) is 0. The zero-order valence-corrected chi connectivity index (χ0v) is 16.0. The van der Waals surface area contributed by atoms with Crippen molar-refractivity contribution in [1.82, 2.24) is 9.47 Å². The third-order valence-corrected chi connectivity index (χ3v) is 5.06. The van der Waals surface area contributed by atoms with Gasteiger partial charge in [0.1, 0.15) is 5.75 Å². The van der Waals surface area contributed by atoms with E-state index in [1.807, 2.05) is 18.2 Å². The maximum atomic E-state index is 12.5. The largest absolute Gasteiger partial charge is 0.497 e. The lowest BCUT2D eigenvalue weighted by Gasteiger charge is -2.27. The number of carbonyl (C=O) groups is 1. The van der Waals surface area contributed by atoms with Crippen LogP contribution < -0.4 is 4.74 Å². The first kappa shape index (κ1) is 18.5. The fraction of sp³-hybridized carbons (Fsp3) is 0.261. The number of ketones is 1. The Bertz CT molecular complexity index is 983. The molecular formula is C23H24N2O3. The highest BCUT2D eigenvalue weighted by Gasteiger charge is 2.13. The minimum atomic E-state index is -0.0207. The molecule has 0 unspecified atom stereocenters. The zero-order chi connectivity index (χ0) is 19.3. The predicted octanol–water partition coefficient (Wildman–Crippen LogP) is 3.84. The van der Waals surface area contributed by atoms with E-state index in [1.165, 1.54) is 5.52 Å². The number of para-hydroxylation sites is 1. The van der Waals surface area contributed by atoms with E-state index in [0.717, 1.165) is 49.7 Å². The fourth-order valence-corrected chi connectivity index (χ4v) is 3.50. The van der Waals surface area contributed by atoms with Gasteiger partial charge in [-0.05, 0) is 42.5 Å². The Morgan fingerprint density at radius 1 is 1.11 bits per heavy atom. The van der Waals surface area contributed by atoms with Gasteiger partial charge in [-0.15, -0.1) is 0 Å². The van der Waals surface area contributed by atoms with Gasteiger partial charge in [0.15, 0.2) is 5.78 Å². The number of rotatable bonds is 6. The molecule has 0 aliphatic carbocycles. The summed E-state index contributed by atoms with van der Waals surface area (Å²) in [5.41, 5.74) is 2.87. The summed E-state index contributed by atoms with van der Waals surface area (Å²) < 4.78 is 12.8. The van der Waals surface area contributed by atoms with Gasteiger partial charge >= 0.3 is 0 Å². The van der Waals surface area contributed by atoms with E-state index in [0.29, 0.717) is 5.56 Å². The Balaban J connectivity index is 1.57. The molecule has 1 aromatic heterocycles. The normalized spacial score (nSPS) is 15.3. The highest BCUT2D eigenvalue weighted by Crippen LogP contribution is 2.23. The van der Waals surface area contributed by atoms with Crippen LogP contribution >= 0.6 is 0 Å². The highest BCUT2D eigenvalue weighted by molar-refractivity contribution is 6.07. The Morgan fingerprint density at radius 2 is 1.86 bits per heavy atom. The van der Waals surface area contributed by atoms with E-state index in [9.17, 15) is 4.79 Å². The predicted molar refractivity (Wildman–Crippen MR) is 111 cm³/mol. The number of morpholine rings is 1. The lowest BCUT2D eigenvalue weighted by atomic mass is 10.1. The number of fused-ring (bicyclic) bond motifs is 1. The van der Waals surface area contributed by atoms with E-state index < -0.39 is 0 Å². The SMILES string of the molecule is COc1ccc(C(=O)C=Cc2cn(CN3CCOCC3)c3ccccc23)cc1. The molecule has 2 aromatic carbocycles. The van der Waals surface area contributed by atoms with Gasteiger partial charge in [-0.1, -0.05) is 18.2 Å². The minimum absolute atomic E-state index is 0.0207. The van der Waals surface area contributed by atoms with Gasteiger partial charge in [0.05, 0.1) is 27.0 Å². The average Bonchev–Trinajstić information content (AvgIpc) is 3.10. The van der Waals surface area contributed by atoms with Gasteiger partial charge in [0, 0.05) is 41.3 Å². The summed E-state index contributed by atoms with van der Waals surface area (Å²) in [4.78, 5) is 14.9. The smallest absolute Gasteiger partial charge is 0.185 e. The average molecular weight is 376 g/mol. The molecular weight excluding hydrogens is 352 g/mol. The molecule has 0 saturated carbocycles. The van der Waals surface area contributed by atoms with Crippen LogP contribution in [-0.4, -0.2) is 48.7 Å². The van der Waals surface area contributed by atoms with Gasteiger partial charge < -0.3 is 14.0 Å². The maximum Gasteiger partial charge on any atom is 0.185 e. The van der Waals surface area contributed by atoms with Crippen LogP contribution in [0.2, 0.25) is 0 Å². The summed E-state index contributed by atoms with van der Waals surface area (Å²) >= 11 is 0. The third kappa shape index (κ3) is 4.01. The van der Waals surface area contributed by atoms with Crippen molar-refractivity contribution >= 4 is 22.8 Å². The van der Waals surface area contributed by atoms with Crippen LogP contribution in [-0.2, 0) is 11.4 Å². The number of methoxy groups -OCH3 is 1. The highest BCUT2D eigenvalue weighted by atomic mass is 16.5. The monoisotopic (exact) mass is 376 g/mol. The first-order valence-corrected chi connectivity index (χ1v) is 9.49. The molecule has 0 amide bonds.